The number of anilines is 2. The summed E-state index contributed by atoms with van der Waals surface area (Å²) in [5, 5.41) is 6.66. The van der Waals surface area contributed by atoms with Crippen molar-refractivity contribution >= 4 is 86.3 Å². The summed E-state index contributed by atoms with van der Waals surface area (Å²) in [5.74, 6) is -0.301. The fourth-order valence-corrected chi connectivity index (χ4v) is 4.31. The summed E-state index contributed by atoms with van der Waals surface area (Å²) in [7, 11) is 0. The number of carbonyl (C=O) groups is 2. The van der Waals surface area contributed by atoms with Crippen LogP contribution in [0.3, 0.4) is 0 Å². The van der Waals surface area contributed by atoms with E-state index in [4.69, 9.17) is 35.4 Å². The maximum Gasteiger partial charge on any atom is 0.258 e. The topological polar surface area (TPSA) is 64.7 Å². The third-order valence-electron chi connectivity index (χ3n) is 4.67. The van der Waals surface area contributed by atoms with Gasteiger partial charge in [0.05, 0.1) is 21.3 Å². The lowest BCUT2D eigenvalue weighted by Crippen LogP contribution is -2.48. The van der Waals surface area contributed by atoms with Crippen molar-refractivity contribution in [1.29, 1.82) is 0 Å². The van der Waals surface area contributed by atoms with Gasteiger partial charge in [-0.05, 0) is 71.2 Å². The molecule has 0 aromatic heterocycles. The Hall–Kier alpha value is -1.62. The third kappa shape index (κ3) is 5.75. The van der Waals surface area contributed by atoms with Gasteiger partial charge in [0.15, 0.2) is 5.11 Å². The summed E-state index contributed by atoms with van der Waals surface area (Å²) in [5.41, 5.74) is 1.90. The molecule has 2 aromatic rings. The summed E-state index contributed by atoms with van der Waals surface area (Å²) in [4.78, 5) is 27.9. The predicted molar refractivity (Wildman–Crippen MR) is 134 cm³/mol. The van der Waals surface area contributed by atoms with Gasteiger partial charge in [0.2, 0.25) is 5.91 Å². The molecule has 1 saturated heterocycles. The van der Waals surface area contributed by atoms with Crippen molar-refractivity contribution in [3.63, 3.8) is 0 Å². The van der Waals surface area contributed by atoms with E-state index in [0.29, 0.717) is 34.4 Å². The van der Waals surface area contributed by atoms with Crippen LogP contribution < -0.4 is 15.5 Å². The molecule has 0 bridgehead atoms. The van der Waals surface area contributed by atoms with Crippen molar-refractivity contribution in [2.45, 2.75) is 6.92 Å². The molecule has 0 radical (unpaired) electrons. The van der Waals surface area contributed by atoms with Crippen LogP contribution in [0.1, 0.15) is 17.3 Å². The van der Waals surface area contributed by atoms with Crippen molar-refractivity contribution in [2.24, 2.45) is 0 Å². The van der Waals surface area contributed by atoms with Gasteiger partial charge in [-0.1, -0.05) is 23.2 Å². The fourth-order valence-electron chi connectivity index (χ4n) is 3.11. The smallest absolute Gasteiger partial charge is 0.258 e. The Morgan fingerprint density at radius 1 is 1.03 bits per heavy atom. The second-order valence-corrected chi connectivity index (χ2v) is 9.16. The summed E-state index contributed by atoms with van der Waals surface area (Å²) in [6.07, 6.45) is 0. The van der Waals surface area contributed by atoms with Crippen LogP contribution in [-0.2, 0) is 4.79 Å². The molecule has 2 aromatic carbocycles. The van der Waals surface area contributed by atoms with Gasteiger partial charge in [0.25, 0.3) is 5.91 Å². The number of rotatable bonds is 3. The van der Waals surface area contributed by atoms with Crippen molar-refractivity contribution in [3.8, 4) is 0 Å². The largest absolute Gasteiger partial charge is 0.367 e. The van der Waals surface area contributed by atoms with Crippen molar-refractivity contribution in [3.05, 3.63) is 55.6 Å². The van der Waals surface area contributed by atoms with Gasteiger partial charge in [-0.15, -0.1) is 0 Å². The number of hydrogen-bond acceptors (Lipinski definition) is 4. The van der Waals surface area contributed by atoms with Gasteiger partial charge < -0.3 is 15.1 Å². The number of piperazine rings is 1. The Kier molecular flexibility index (Phi) is 7.78. The summed E-state index contributed by atoms with van der Waals surface area (Å²) in [6.45, 7) is 4.36. The van der Waals surface area contributed by atoms with Crippen LogP contribution in [0.4, 0.5) is 11.4 Å². The number of thiocarbonyl (C=S) groups is 1. The van der Waals surface area contributed by atoms with Crippen LogP contribution in [0.25, 0.3) is 0 Å². The second kappa shape index (κ2) is 10.1. The van der Waals surface area contributed by atoms with Gasteiger partial charge in [-0.25, -0.2) is 0 Å². The van der Waals surface area contributed by atoms with Crippen LogP contribution in [0.2, 0.25) is 10.0 Å². The lowest BCUT2D eigenvalue weighted by molar-refractivity contribution is -0.129. The molecule has 3 rings (SSSR count). The molecule has 0 spiro atoms. The highest BCUT2D eigenvalue weighted by Crippen LogP contribution is 2.29. The zero-order chi connectivity index (χ0) is 21.8. The SMILES string of the molecule is CC(=O)N1CCN(c2ccc(NC(=S)NC(=O)c3cc(I)ccc3Cl)cc2Cl)CC1. The Morgan fingerprint density at radius 3 is 2.37 bits per heavy atom. The van der Waals surface area contributed by atoms with Crippen molar-refractivity contribution in [1.82, 2.24) is 10.2 Å². The van der Waals surface area contributed by atoms with E-state index in [2.05, 4.69) is 38.1 Å². The molecule has 1 aliphatic heterocycles. The first-order valence-corrected chi connectivity index (χ1v) is 11.4. The summed E-state index contributed by atoms with van der Waals surface area (Å²) in [6, 6.07) is 10.7. The fraction of sp³-hybridized carbons (Fsp3) is 0.250. The van der Waals surface area contributed by atoms with E-state index in [1.807, 2.05) is 23.1 Å². The molecular formula is C20H19Cl2IN4O2S. The zero-order valence-electron chi connectivity index (χ0n) is 16.0. The molecule has 10 heteroatoms. The quantitative estimate of drug-likeness (QED) is 0.419. The molecule has 1 heterocycles. The standard InChI is InChI=1S/C20H19Cl2IN4O2S/c1-12(28)26-6-8-27(9-7-26)18-5-3-14(11-17(18)22)24-20(30)25-19(29)15-10-13(23)2-4-16(15)21/h2-5,10-11H,6-9H2,1H3,(H2,24,25,29,30). The first kappa shape index (κ1) is 23.1. The Labute approximate surface area is 204 Å². The predicted octanol–water partition coefficient (Wildman–Crippen LogP) is 4.39. The van der Waals surface area contributed by atoms with E-state index in [0.717, 1.165) is 22.3 Å². The monoisotopic (exact) mass is 576 g/mol. The van der Waals surface area contributed by atoms with Crippen LogP contribution in [0.5, 0.6) is 0 Å². The van der Waals surface area contributed by atoms with Crippen LogP contribution in [0, 0.1) is 3.57 Å². The molecule has 2 amide bonds. The zero-order valence-corrected chi connectivity index (χ0v) is 20.5. The molecule has 2 N–H and O–H groups in total. The number of nitrogens with zero attached hydrogens (tertiary/aromatic N) is 2. The molecule has 158 valence electrons. The highest BCUT2D eigenvalue weighted by molar-refractivity contribution is 14.1. The minimum Gasteiger partial charge on any atom is -0.367 e. The van der Waals surface area contributed by atoms with Gasteiger partial charge >= 0.3 is 0 Å². The first-order valence-electron chi connectivity index (χ1n) is 9.12. The van der Waals surface area contributed by atoms with Gasteiger partial charge in [0, 0.05) is 42.4 Å². The maximum atomic E-state index is 12.4. The van der Waals surface area contributed by atoms with Crippen molar-refractivity contribution < 1.29 is 9.59 Å². The minimum absolute atomic E-state index is 0.0855. The number of benzene rings is 2. The Bertz CT molecular complexity index is 997. The molecule has 6 nitrogen and oxygen atoms in total. The maximum absolute atomic E-state index is 12.4. The second-order valence-electron chi connectivity index (χ2n) is 6.69. The molecule has 1 fully saturated rings. The molecule has 0 aliphatic carbocycles. The molecular weight excluding hydrogens is 558 g/mol. The van der Waals surface area contributed by atoms with E-state index >= 15 is 0 Å². The van der Waals surface area contributed by atoms with E-state index in [1.165, 1.54) is 0 Å². The third-order valence-corrected chi connectivity index (χ3v) is 6.18. The van der Waals surface area contributed by atoms with Gasteiger partial charge in [0.1, 0.15) is 0 Å². The molecule has 30 heavy (non-hydrogen) atoms. The average Bonchev–Trinajstić information content (AvgIpc) is 2.70. The Balaban J connectivity index is 1.61. The highest BCUT2D eigenvalue weighted by Gasteiger charge is 2.20. The van der Waals surface area contributed by atoms with E-state index in [9.17, 15) is 9.59 Å². The van der Waals surface area contributed by atoms with Crippen LogP contribution in [-0.4, -0.2) is 48.0 Å². The average molecular weight is 577 g/mol. The van der Waals surface area contributed by atoms with Gasteiger partial charge in [-0.3, -0.25) is 14.9 Å². The number of carbonyl (C=O) groups excluding carboxylic acids is 2. The number of halogens is 3. The summed E-state index contributed by atoms with van der Waals surface area (Å²) >= 11 is 19.9. The van der Waals surface area contributed by atoms with E-state index in [1.54, 1.807) is 25.1 Å². The molecule has 0 unspecified atom stereocenters. The van der Waals surface area contributed by atoms with Gasteiger partial charge in [-0.2, -0.15) is 0 Å². The van der Waals surface area contributed by atoms with Crippen LogP contribution >= 0.6 is 58.0 Å². The Morgan fingerprint density at radius 2 is 1.73 bits per heavy atom. The minimum atomic E-state index is -0.387. The lowest BCUT2D eigenvalue weighted by atomic mass is 10.2. The highest BCUT2D eigenvalue weighted by atomic mass is 127. The number of hydrogen-bond donors (Lipinski definition) is 2. The normalized spacial score (nSPS) is 13.7. The molecule has 0 saturated carbocycles. The summed E-state index contributed by atoms with van der Waals surface area (Å²) < 4.78 is 0.896. The first-order chi connectivity index (χ1) is 14.2. The van der Waals surface area contributed by atoms with Crippen LogP contribution in [0.15, 0.2) is 36.4 Å². The lowest BCUT2D eigenvalue weighted by Gasteiger charge is -2.36. The number of amides is 2. The van der Waals surface area contributed by atoms with E-state index < -0.39 is 0 Å². The molecule has 0 atom stereocenters. The molecule has 1 aliphatic rings. The van der Waals surface area contributed by atoms with E-state index in [-0.39, 0.29) is 16.9 Å². The van der Waals surface area contributed by atoms with Crippen molar-refractivity contribution in [2.75, 3.05) is 36.4 Å². The number of nitrogens with one attached hydrogen (secondary N) is 2.